The van der Waals surface area contributed by atoms with Crippen molar-refractivity contribution in [2.24, 2.45) is 0 Å². The molecule has 0 amide bonds. The molecule has 0 radical (unpaired) electrons. The molecule has 0 aliphatic rings. The molecule has 0 aliphatic carbocycles. The van der Waals surface area contributed by atoms with Crippen LogP contribution in [0.1, 0.15) is 11.1 Å². The molecule has 60 valence electrons. The Morgan fingerprint density at radius 2 is 1.67 bits per heavy atom. The standard InChI is InChI=1S/C8H10O2S.K/c1-6-4-3-5-7(2)8(6)11(9)10;/h3-5H,1-2H3,(H,9,10);/q;+1/p-1. The van der Waals surface area contributed by atoms with Gasteiger partial charge in [0.05, 0.1) is 0 Å². The molecule has 0 saturated carbocycles. The van der Waals surface area contributed by atoms with Gasteiger partial charge in [0.25, 0.3) is 0 Å². The molecule has 0 N–H and O–H groups in total. The van der Waals surface area contributed by atoms with E-state index in [1.54, 1.807) is 26.0 Å². The second kappa shape index (κ2) is 5.65. The first kappa shape index (κ1) is 13.0. The van der Waals surface area contributed by atoms with Gasteiger partial charge in [0.1, 0.15) is 0 Å². The maximum absolute atomic E-state index is 10.6. The number of hydrogen-bond donors (Lipinski definition) is 0. The third-order valence-electron chi connectivity index (χ3n) is 1.58. The Morgan fingerprint density at radius 1 is 1.25 bits per heavy atom. The zero-order chi connectivity index (χ0) is 8.43. The molecule has 1 unspecified atom stereocenters. The summed E-state index contributed by atoms with van der Waals surface area (Å²) in [6.07, 6.45) is 0. The van der Waals surface area contributed by atoms with Gasteiger partial charge >= 0.3 is 51.4 Å². The largest absolute Gasteiger partial charge is 1.00 e. The van der Waals surface area contributed by atoms with Crippen LogP contribution in [0.25, 0.3) is 0 Å². The summed E-state index contributed by atoms with van der Waals surface area (Å²) in [5, 5.41) is 0. The Kier molecular flexibility index (Phi) is 6.10. The molecular formula is C8H9KO2S. The minimum Gasteiger partial charge on any atom is -0.768 e. The van der Waals surface area contributed by atoms with Gasteiger partial charge in [-0.1, -0.05) is 18.2 Å². The van der Waals surface area contributed by atoms with E-state index in [1.807, 2.05) is 6.07 Å². The Bertz CT molecular complexity index is 279. The molecule has 0 aromatic heterocycles. The predicted molar refractivity (Wildman–Crippen MR) is 43.1 cm³/mol. The first-order chi connectivity index (χ1) is 5.13. The third kappa shape index (κ3) is 3.03. The molecule has 0 bridgehead atoms. The van der Waals surface area contributed by atoms with Gasteiger partial charge in [-0.3, -0.25) is 4.21 Å². The molecule has 1 aromatic carbocycles. The van der Waals surface area contributed by atoms with Crippen molar-refractivity contribution in [1.29, 1.82) is 0 Å². The fourth-order valence-corrected chi connectivity index (χ4v) is 1.72. The van der Waals surface area contributed by atoms with E-state index in [9.17, 15) is 8.76 Å². The Hall–Kier alpha value is 0.966. The van der Waals surface area contributed by atoms with E-state index in [-0.39, 0.29) is 51.4 Å². The summed E-state index contributed by atoms with van der Waals surface area (Å²) < 4.78 is 21.3. The molecular weight excluding hydrogens is 199 g/mol. The monoisotopic (exact) mass is 208 g/mol. The van der Waals surface area contributed by atoms with E-state index in [1.165, 1.54) is 0 Å². The fourth-order valence-electron chi connectivity index (χ4n) is 1.06. The van der Waals surface area contributed by atoms with E-state index in [0.717, 1.165) is 11.1 Å². The molecule has 12 heavy (non-hydrogen) atoms. The van der Waals surface area contributed by atoms with Crippen LogP contribution in [0.5, 0.6) is 0 Å². The molecule has 2 nitrogen and oxygen atoms in total. The summed E-state index contributed by atoms with van der Waals surface area (Å²) in [6.45, 7) is 3.58. The van der Waals surface area contributed by atoms with Crippen molar-refractivity contribution >= 4 is 11.1 Å². The Labute approximate surface area is 117 Å². The summed E-state index contributed by atoms with van der Waals surface area (Å²) in [5.74, 6) is 0. The number of hydrogen-bond acceptors (Lipinski definition) is 2. The quantitative estimate of drug-likeness (QED) is 0.418. The van der Waals surface area contributed by atoms with Crippen LogP contribution in [0.4, 0.5) is 0 Å². The molecule has 0 fully saturated rings. The first-order valence-electron chi connectivity index (χ1n) is 3.28. The van der Waals surface area contributed by atoms with Gasteiger partial charge < -0.3 is 4.55 Å². The molecule has 1 aromatic rings. The maximum atomic E-state index is 10.6. The van der Waals surface area contributed by atoms with Crippen LogP contribution in [0.15, 0.2) is 23.1 Å². The number of benzene rings is 1. The molecule has 0 heterocycles. The third-order valence-corrected chi connectivity index (χ3v) is 2.55. The van der Waals surface area contributed by atoms with Crippen LogP contribution < -0.4 is 51.4 Å². The summed E-state index contributed by atoms with van der Waals surface area (Å²) in [6, 6.07) is 5.43. The summed E-state index contributed by atoms with van der Waals surface area (Å²) in [5.41, 5.74) is 1.61. The van der Waals surface area contributed by atoms with Crippen molar-refractivity contribution in [2.45, 2.75) is 18.7 Å². The van der Waals surface area contributed by atoms with E-state index < -0.39 is 11.1 Å². The van der Waals surface area contributed by atoms with Crippen molar-refractivity contribution in [3.05, 3.63) is 29.3 Å². The van der Waals surface area contributed by atoms with Gasteiger partial charge in [-0.05, 0) is 36.1 Å². The summed E-state index contributed by atoms with van der Waals surface area (Å²) >= 11 is -2.10. The molecule has 0 spiro atoms. The average Bonchev–Trinajstić information content (AvgIpc) is 1.85. The predicted octanol–water partition coefficient (Wildman–Crippen LogP) is -1.45. The normalized spacial score (nSPS) is 11.9. The van der Waals surface area contributed by atoms with Crippen LogP contribution >= 0.6 is 0 Å². The summed E-state index contributed by atoms with van der Waals surface area (Å²) in [7, 11) is 0. The van der Waals surface area contributed by atoms with Crippen LogP contribution in [0.3, 0.4) is 0 Å². The zero-order valence-electron chi connectivity index (χ0n) is 7.46. The van der Waals surface area contributed by atoms with Crippen LogP contribution in [0, 0.1) is 13.8 Å². The van der Waals surface area contributed by atoms with Crippen molar-refractivity contribution < 1.29 is 60.1 Å². The van der Waals surface area contributed by atoms with Gasteiger partial charge in [-0.2, -0.15) is 0 Å². The van der Waals surface area contributed by atoms with Crippen molar-refractivity contribution in [2.75, 3.05) is 0 Å². The Morgan fingerprint density at radius 3 is 1.92 bits per heavy atom. The second-order valence-corrected chi connectivity index (χ2v) is 3.33. The number of aryl methyl sites for hydroxylation is 2. The van der Waals surface area contributed by atoms with Crippen LogP contribution in [0.2, 0.25) is 0 Å². The first-order valence-corrected chi connectivity index (χ1v) is 4.36. The number of rotatable bonds is 1. The van der Waals surface area contributed by atoms with Gasteiger partial charge in [0.15, 0.2) is 0 Å². The van der Waals surface area contributed by atoms with E-state index in [4.69, 9.17) is 0 Å². The molecule has 1 rings (SSSR count). The topological polar surface area (TPSA) is 40.1 Å². The van der Waals surface area contributed by atoms with Gasteiger partial charge in [0, 0.05) is 4.90 Å². The SMILES string of the molecule is Cc1cccc(C)c1S(=O)[O-].[K+]. The molecule has 0 aliphatic heterocycles. The van der Waals surface area contributed by atoms with Crippen LogP contribution in [-0.2, 0) is 11.1 Å². The van der Waals surface area contributed by atoms with Crippen molar-refractivity contribution in [1.82, 2.24) is 0 Å². The summed E-state index contributed by atoms with van der Waals surface area (Å²) in [4.78, 5) is 0.424. The molecule has 1 atom stereocenters. The average molecular weight is 208 g/mol. The molecule has 0 saturated heterocycles. The zero-order valence-corrected chi connectivity index (χ0v) is 11.4. The van der Waals surface area contributed by atoms with Crippen molar-refractivity contribution in [3.63, 3.8) is 0 Å². The second-order valence-electron chi connectivity index (χ2n) is 2.46. The van der Waals surface area contributed by atoms with E-state index in [2.05, 4.69) is 0 Å². The van der Waals surface area contributed by atoms with Gasteiger partial charge in [-0.15, -0.1) is 0 Å². The Balaban J connectivity index is 0.00000121. The van der Waals surface area contributed by atoms with E-state index >= 15 is 0 Å². The maximum Gasteiger partial charge on any atom is 1.00 e. The minimum atomic E-state index is -2.10. The molecule has 4 heteroatoms. The van der Waals surface area contributed by atoms with Gasteiger partial charge in [-0.25, -0.2) is 0 Å². The fraction of sp³-hybridized carbons (Fsp3) is 0.250. The van der Waals surface area contributed by atoms with Crippen molar-refractivity contribution in [3.8, 4) is 0 Å². The van der Waals surface area contributed by atoms with Gasteiger partial charge in [0.2, 0.25) is 0 Å². The van der Waals surface area contributed by atoms with E-state index in [0.29, 0.717) is 4.90 Å². The minimum absolute atomic E-state index is 0. The smallest absolute Gasteiger partial charge is 0.768 e. The van der Waals surface area contributed by atoms with Crippen LogP contribution in [-0.4, -0.2) is 8.76 Å².